The molecule has 1 aromatic carbocycles. The van der Waals surface area contributed by atoms with Gasteiger partial charge in [0.05, 0.1) is 6.54 Å². The van der Waals surface area contributed by atoms with Crippen molar-refractivity contribution in [1.82, 2.24) is 5.32 Å². The molecule has 17 heavy (non-hydrogen) atoms. The Bertz CT molecular complexity index is 350. The molecular weight excluding hydrogens is 216 g/mol. The van der Waals surface area contributed by atoms with Crippen LogP contribution in [0, 0.1) is 5.41 Å². The van der Waals surface area contributed by atoms with Crippen LogP contribution in [-0.4, -0.2) is 30.7 Å². The van der Waals surface area contributed by atoms with Crippen LogP contribution in [0.25, 0.3) is 0 Å². The smallest absolute Gasteiger partial charge is 0.239 e. The van der Waals surface area contributed by atoms with Gasteiger partial charge in [-0.1, -0.05) is 32.0 Å². The lowest BCUT2D eigenvalue weighted by molar-refractivity contribution is -0.119. The van der Waals surface area contributed by atoms with Crippen LogP contribution in [0.3, 0.4) is 0 Å². The fourth-order valence-corrected chi connectivity index (χ4v) is 1.19. The number of amides is 1. The highest BCUT2D eigenvalue weighted by Crippen LogP contribution is 2.11. The molecule has 1 amide bonds. The Morgan fingerprint density at radius 1 is 1.29 bits per heavy atom. The number of rotatable bonds is 6. The molecular formula is C13H20N2O2. The summed E-state index contributed by atoms with van der Waals surface area (Å²) in [6, 6.07) is 9.56. The lowest BCUT2D eigenvalue weighted by atomic mass is 9.95. The first kappa shape index (κ1) is 13.5. The Hall–Kier alpha value is -1.55. The first-order valence-electron chi connectivity index (χ1n) is 5.70. The van der Waals surface area contributed by atoms with Crippen molar-refractivity contribution in [3.05, 3.63) is 30.3 Å². The van der Waals surface area contributed by atoms with E-state index in [1.807, 2.05) is 44.2 Å². The first-order chi connectivity index (χ1) is 8.03. The summed E-state index contributed by atoms with van der Waals surface area (Å²) in [4.78, 5) is 11.5. The van der Waals surface area contributed by atoms with E-state index in [1.54, 1.807) is 0 Å². The van der Waals surface area contributed by atoms with Crippen LogP contribution >= 0.6 is 0 Å². The van der Waals surface area contributed by atoms with Gasteiger partial charge in [-0.05, 0) is 12.1 Å². The predicted octanol–water partition coefficient (Wildman–Crippen LogP) is 1.23. The Labute approximate surface area is 102 Å². The van der Waals surface area contributed by atoms with Crippen LogP contribution in [-0.2, 0) is 4.79 Å². The molecule has 4 heteroatoms. The summed E-state index contributed by atoms with van der Waals surface area (Å²) in [5.41, 5.74) is 0.645. The summed E-state index contributed by atoms with van der Waals surface area (Å²) in [6.07, 6.45) is 0. The summed E-state index contributed by atoms with van der Waals surface area (Å²) in [6.45, 7) is 4.57. The number of hydrogen-bond donors (Lipinski definition) is 3. The number of nitrogens with one attached hydrogen (secondary N) is 2. The minimum Gasteiger partial charge on any atom is -0.396 e. The third kappa shape index (κ3) is 5.36. The van der Waals surface area contributed by atoms with Crippen molar-refractivity contribution < 1.29 is 9.90 Å². The summed E-state index contributed by atoms with van der Waals surface area (Å²) >= 11 is 0. The molecule has 0 spiro atoms. The molecule has 1 rings (SSSR count). The van der Waals surface area contributed by atoms with E-state index in [9.17, 15) is 4.79 Å². The van der Waals surface area contributed by atoms with Crippen LogP contribution in [0.5, 0.6) is 0 Å². The number of aliphatic hydroxyl groups excluding tert-OH is 1. The molecule has 0 bridgehead atoms. The van der Waals surface area contributed by atoms with E-state index in [-0.39, 0.29) is 24.5 Å². The van der Waals surface area contributed by atoms with Gasteiger partial charge >= 0.3 is 0 Å². The van der Waals surface area contributed by atoms with Gasteiger partial charge in [-0.2, -0.15) is 0 Å². The molecule has 0 fully saturated rings. The number of para-hydroxylation sites is 1. The summed E-state index contributed by atoms with van der Waals surface area (Å²) in [5, 5.41) is 14.9. The van der Waals surface area contributed by atoms with Crippen molar-refractivity contribution in [3.63, 3.8) is 0 Å². The number of benzene rings is 1. The minimum atomic E-state index is -0.275. The summed E-state index contributed by atoms with van der Waals surface area (Å²) in [5.74, 6) is -0.0737. The quantitative estimate of drug-likeness (QED) is 0.696. The van der Waals surface area contributed by atoms with Gasteiger partial charge in [0.1, 0.15) is 0 Å². The average Bonchev–Trinajstić information content (AvgIpc) is 2.35. The van der Waals surface area contributed by atoms with Gasteiger partial charge in [0.15, 0.2) is 0 Å². The normalized spacial score (nSPS) is 11.0. The molecule has 0 unspecified atom stereocenters. The van der Waals surface area contributed by atoms with Crippen molar-refractivity contribution in [3.8, 4) is 0 Å². The Balaban J connectivity index is 2.27. The summed E-state index contributed by atoms with van der Waals surface area (Å²) < 4.78 is 0. The van der Waals surface area contributed by atoms with Crippen LogP contribution in [0.15, 0.2) is 30.3 Å². The maximum atomic E-state index is 11.5. The predicted molar refractivity (Wildman–Crippen MR) is 68.8 cm³/mol. The zero-order chi connectivity index (χ0) is 12.7. The second kappa shape index (κ2) is 6.25. The van der Waals surface area contributed by atoms with Crippen molar-refractivity contribution in [1.29, 1.82) is 0 Å². The molecule has 0 heterocycles. The zero-order valence-electron chi connectivity index (χ0n) is 10.4. The Morgan fingerprint density at radius 2 is 1.94 bits per heavy atom. The van der Waals surface area contributed by atoms with E-state index in [0.717, 1.165) is 5.69 Å². The molecule has 3 N–H and O–H groups in total. The second-order valence-corrected chi connectivity index (χ2v) is 4.82. The SMILES string of the molecule is CC(C)(CO)CNC(=O)CNc1ccccc1. The van der Waals surface area contributed by atoms with Crippen molar-refractivity contribution in [2.75, 3.05) is 25.0 Å². The molecule has 0 aromatic heterocycles. The third-order valence-corrected chi connectivity index (χ3v) is 2.42. The highest BCUT2D eigenvalue weighted by atomic mass is 16.3. The van der Waals surface area contributed by atoms with Crippen LogP contribution < -0.4 is 10.6 Å². The molecule has 4 nitrogen and oxygen atoms in total. The summed E-state index contributed by atoms with van der Waals surface area (Å²) in [7, 11) is 0. The maximum absolute atomic E-state index is 11.5. The topological polar surface area (TPSA) is 61.4 Å². The highest BCUT2D eigenvalue weighted by Gasteiger charge is 2.17. The van der Waals surface area contributed by atoms with E-state index in [0.29, 0.717) is 6.54 Å². The third-order valence-electron chi connectivity index (χ3n) is 2.42. The van der Waals surface area contributed by atoms with E-state index in [4.69, 9.17) is 5.11 Å². The molecule has 0 aliphatic heterocycles. The molecule has 0 aliphatic carbocycles. The van der Waals surface area contributed by atoms with Crippen LogP contribution in [0.1, 0.15) is 13.8 Å². The highest BCUT2D eigenvalue weighted by molar-refractivity contribution is 5.80. The van der Waals surface area contributed by atoms with Gasteiger partial charge in [0.25, 0.3) is 0 Å². The van der Waals surface area contributed by atoms with E-state index < -0.39 is 0 Å². The molecule has 0 radical (unpaired) electrons. The fraction of sp³-hybridized carbons (Fsp3) is 0.462. The fourth-order valence-electron chi connectivity index (χ4n) is 1.19. The number of carbonyl (C=O) groups is 1. The molecule has 0 saturated carbocycles. The largest absolute Gasteiger partial charge is 0.396 e. The van der Waals surface area contributed by atoms with E-state index in [2.05, 4.69) is 10.6 Å². The standard InChI is InChI=1S/C13H20N2O2/c1-13(2,10-16)9-15-12(17)8-14-11-6-4-3-5-7-11/h3-7,14,16H,8-10H2,1-2H3,(H,15,17). The van der Waals surface area contributed by atoms with Crippen molar-refractivity contribution in [2.45, 2.75) is 13.8 Å². The second-order valence-electron chi connectivity index (χ2n) is 4.82. The maximum Gasteiger partial charge on any atom is 0.239 e. The van der Waals surface area contributed by atoms with Crippen molar-refractivity contribution in [2.24, 2.45) is 5.41 Å². The van der Waals surface area contributed by atoms with Gasteiger partial charge in [-0.3, -0.25) is 4.79 Å². The Kier molecular flexibility index (Phi) is 4.97. The van der Waals surface area contributed by atoms with E-state index in [1.165, 1.54) is 0 Å². The molecule has 94 valence electrons. The zero-order valence-corrected chi connectivity index (χ0v) is 10.4. The Morgan fingerprint density at radius 3 is 2.53 bits per heavy atom. The lowest BCUT2D eigenvalue weighted by Crippen LogP contribution is -2.38. The van der Waals surface area contributed by atoms with Crippen molar-refractivity contribution >= 4 is 11.6 Å². The molecule has 0 atom stereocenters. The van der Waals surface area contributed by atoms with Gasteiger partial charge < -0.3 is 15.7 Å². The average molecular weight is 236 g/mol. The molecule has 0 aliphatic rings. The monoisotopic (exact) mass is 236 g/mol. The van der Waals surface area contributed by atoms with Crippen LogP contribution in [0.4, 0.5) is 5.69 Å². The van der Waals surface area contributed by atoms with E-state index >= 15 is 0 Å². The van der Waals surface area contributed by atoms with Gasteiger partial charge in [0.2, 0.25) is 5.91 Å². The number of anilines is 1. The minimum absolute atomic E-state index is 0.0550. The van der Waals surface area contributed by atoms with Gasteiger partial charge in [-0.25, -0.2) is 0 Å². The number of carbonyl (C=O) groups excluding carboxylic acids is 1. The number of hydrogen-bond acceptors (Lipinski definition) is 3. The van der Waals surface area contributed by atoms with Gasteiger partial charge in [0, 0.05) is 24.3 Å². The molecule has 0 saturated heterocycles. The lowest BCUT2D eigenvalue weighted by Gasteiger charge is -2.21. The molecule has 1 aromatic rings. The first-order valence-corrected chi connectivity index (χ1v) is 5.70. The number of aliphatic hydroxyl groups is 1. The van der Waals surface area contributed by atoms with Gasteiger partial charge in [-0.15, -0.1) is 0 Å². The van der Waals surface area contributed by atoms with Crippen LogP contribution in [0.2, 0.25) is 0 Å².